The molecule has 110 valence electrons. The maximum absolute atomic E-state index is 10.9. The maximum atomic E-state index is 10.9. The van der Waals surface area contributed by atoms with Crippen molar-refractivity contribution in [3.63, 3.8) is 0 Å². The summed E-state index contributed by atoms with van der Waals surface area (Å²) in [7, 11) is 0. The molecule has 0 amide bonds. The van der Waals surface area contributed by atoms with Gasteiger partial charge in [-0.25, -0.2) is 9.78 Å². The molecule has 1 aliphatic heterocycles. The van der Waals surface area contributed by atoms with E-state index in [2.05, 4.69) is 28.9 Å². The zero-order valence-corrected chi connectivity index (χ0v) is 12.8. The van der Waals surface area contributed by atoms with Crippen LogP contribution in [0.1, 0.15) is 41.9 Å². The summed E-state index contributed by atoms with van der Waals surface area (Å²) in [4.78, 5) is 17.5. The second-order valence-electron chi connectivity index (χ2n) is 5.38. The van der Waals surface area contributed by atoms with Gasteiger partial charge in [0.15, 0.2) is 5.69 Å². The fraction of sp³-hybridized carbons (Fsp3) is 0.375. The van der Waals surface area contributed by atoms with Crippen molar-refractivity contribution in [3.8, 4) is 10.6 Å². The Morgan fingerprint density at radius 3 is 2.52 bits per heavy atom. The number of aromatic nitrogens is 1. The van der Waals surface area contributed by atoms with E-state index < -0.39 is 5.97 Å². The molecule has 1 aromatic heterocycles. The van der Waals surface area contributed by atoms with E-state index in [1.165, 1.54) is 42.8 Å². The minimum Gasteiger partial charge on any atom is -0.476 e. The van der Waals surface area contributed by atoms with Gasteiger partial charge in [-0.1, -0.05) is 24.3 Å². The lowest BCUT2D eigenvalue weighted by Gasteiger charge is -2.24. The number of carboxylic acid groups (broad SMARTS) is 1. The number of likely N-dealkylation sites (tertiary alicyclic amines) is 1. The van der Waals surface area contributed by atoms with Crippen molar-refractivity contribution in [2.75, 3.05) is 13.1 Å². The van der Waals surface area contributed by atoms with E-state index in [-0.39, 0.29) is 5.69 Å². The number of hydrogen-bond donors (Lipinski definition) is 1. The van der Waals surface area contributed by atoms with Crippen LogP contribution in [0, 0.1) is 0 Å². The normalized spacial score (nSPS) is 17.0. The van der Waals surface area contributed by atoms with Gasteiger partial charge in [0.05, 0.1) is 0 Å². The average molecular weight is 302 g/mol. The summed E-state index contributed by atoms with van der Waals surface area (Å²) in [6, 6.07) is 8.76. The van der Waals surface area contributed by atoms with Gasteiger partial charge in [0.2, 0.25) is 0 Å². The number of benzene rings is 1. The molecule has 1 fully saturated rings. The van der Waals surface area contributed by atoms with Crippen LogP contribution in [0.25, 0.3) is 10.6 Å². The fourth-order valence-electron chi connectivity index (χ4n) is 2.75. The summed E-state index contributed by atoms with van der Waals surface area (Å²) in [6.45, 7) is 4.60. The largest absolute Gasteiger partial charge is 0.476 e. The van der Waals surface area contributed by atoms with Crippen molar-refractivity contribution in [1.29, 1.82) is 0 Å². The van der Waals surface area contributed by atoms with Gasteiger partial charge in [0.1, 0.15) is 5.01 Å². The van der Waals surface area contributed by atoms with E-state index in [1.807, 2.05) is 12.1 Å². The molecule has 3 rings (SSSR count). The van der Waals surface area contributed by atoms with Crippen LogP contribution >= 0.6 is 11.3 Å². The van der Waals surface area contributed by atoms with Crippen molar-refractivity contribution in [2.24, 2.45) is 0 Å². The first-order chi connectivity index (χ1) is 10.1. The van der Waals surface area contributed by atoms with Gasteiger partial charge in [-0.05, 0) is 38.4 Å². The third kappa shape index (κ3) is 2.99. The highest BCUT2D eigenvalue weighted by Gasteiger charge is 2.19. The molecule has 0 aliphatic carbocycles. The van der Waals surface area contributed by atoms with E-state index in [0.717, 1.165) is 10.6 Å². The third-order valence-electron chi connectivity index (χ3n) is 4.05. The molecule has 2 aromatic rings. The molecule has 21 heavy (non-hydrogen) atoms. The van der Waals surface area contributed by atoms with Crippen molar-refractivity contribution < 1.29 is 9.90 Å². The summed E-state index contributed by atoms with van der Waals surface area (Å²) in [5, 5.41) is 11.3. The minimum absolute atomic E-state index is 0.115. The Morgan fingerprint density at radius 2 is 1.95 bits per heavy atom. The third-order valence-corrected chi connectivity index (χ3v) is 4.94. The number of nitrogens with zero attached hydrogens (tertiary/aromatic N) is 2. The monoisotopic (exact) mass is 302 g/mol. The Labute approximate surface area is 128 Å². The lowest BCUT2D eigenvalue weighted by Crippen LogP contribution is -2.23. The van der Waals surface area contributed by atoms with E-state index >= 15 is 0 Å². The second-order valence-corrected chi connectivity index (χ2v) is 6.24. The first-order valence-corrected chi connectivity index (χ1v) is 8.06. The molecule has 0 saturated carbocycles. The van der Waals surface area contributed by atoms with Crippen LogP contribution in [0.15, 0.2) is 29.6 Å². The van der Waals surface area contributed by atoms with Crippen molar-refractivity contribution in [2.45, 2.75) is 25.8 Å². The molecule has 1 atom stereocenters. The molecule has 1 aromatic carbocycles. The number of thiazole rings is 1. The Kier molecular flexibility index (Phi) is 4.03. The van der Waals surface area contributed by atoms with E-state index in [0.29, 0.717) is 6.04 Å². The smallest absolute Gasteiger partial charge is 0.355 e. The molecule has 1 N–H and O–H groups in total. The van der Waals surface area contributed by atoms with Crippen molar-refractivity contribution in [3.05, 3.63) is 40.9 Å². The van der Waals surface area contributed by atoms with Crippen molar-refractivity contribution in [1.82, 2.24) is 9.88 Å². The van der Waals surface area contributed by atoms with Gasteiger partial charge in [-0.2, -0.15) is 0 Å². The summed E-state index contributed by atoms with van der Waals surface area (Å²) in [6.07, 6.45) is 2.58. The quantitative estimate of drug-likeness (QED) is 0.936. The lowest BCUT2D eigenvalue weighted by atomic mass is 10.1. The van der Waals surface area contributed by atoms with Gasteiger partial charge in [-0.3, -0.25) is 4.90 Å². The summed E-state index contributed by atoms with van der Waals surface area (Å²) < 4.78 is 0. The number of rotatable bonds is 4. The number of aromatic carboxylic acids is 1. The van der Waals surface area contributed by atoms with E-state index in [1.54, 1.807) is 5.38 Å². The predicted molar refractivity (Wildman–Crippen MR) is 83.7 cm³/mol. The average Bonchev–Trinajstić information content (AvgIpc) is 3.18. The molecule has 5 heteroatoms. The standard InChI is InChI=1S/C16H18N2O2S/c1-11(18-8-2-3-9-18)12-4-6-13(7-5-12)15-17-14(10-21-15)16(19)20/h4-7,10-11H,2-3,8-9H2,1H3,(H,19,20)/t11-/m1/s1. The van der Waals surface area contributed by atoms with Crippen LogP contribution in [0.4, 0.5) is 0 Å². The molecule has 2 heterocycles. The van der Waals surface area contributed by atoms with Crippen LogP contribution in [0.3, 0.4) is 0 Å². The highest BCUT2D eigenvalue weighted by atomic mass is 32.1. The lowest BCUT2D eigenvalue weighted by molar-refractivity contribution is 0.0691. The minimum atomic E-state index is -0.975. The maximum Gasteiger partial charge on any atom is 0.355 e. The zero-order chi connectivity index (χ0) is 14.8. The van der Waals surface area contributed by atoms with Gasteiger partial charge in [0, 0.05) is 17.0 Å². The van der Waals surface area contributed by atoms with Gasteiger partial charge < -0.3 is 5.11 Å². The van der Waals surface area contributed by atoms with Crippen LogP contribution in [0.2, 0.25) is 0 Å². The van der Waals surface area contributed by atoms with Crippen LogP contribution < -0.4 is 0 Å². The zero-order valence-electron chi connectivity index (χ0n) is 12.0. The van der Waals surface area contributed by atoms with Crippen molar-refractivity contribution >= 4 is 17.3 Å². The van der Waals surface area contributed by atoms with E-state index in [4.69, 9.17) is 5.11 Å². The molecule has 4 nitrogen and oxygen atoms in total. The first-order valence-electron chi connectivity index (χ1n) is 7.18. The molecule has 0 bridgehead atoms. The molecular weight excluding hydrogens is 284 g/mol. The molecule has 0 radical (unpaired) electrons. The van der Waals surface area contributed by atoms with Crippen LogP contribution in [-0.2, 0) is 0 Å². The highest BCUT2D eigenvalue weighted by molar-refractivity contribution is 7.13. The topological polar surface area (TPSA) is 53.4 Å². The summed E-state index contributed by atoms with van der Waals surface area (Å²) in [5.41, 5.74) is 2.39. The van der Waals surface area contributed by atoms with Gasteiger partial charge >= 0.3 is 5.97 Å². The Morgan fingerprint density at radius 1 is 1.29 bits per heavy atom. The molecule has 0 unspecified atom stereocenters. The summed E-state index contributed by atoms with van der Waals surface area (Å²) >= 11 is 1.37. The number of carbonyl (C=O) groups is 1. The molecule has 0 spiro atoms. The highest BCUT2D eigenvalue weighted by Crippen LogP contribution is 2.28. The van der Waals surface area contributed by atoms with Gasteiger partial charge in [-0.15, -0.1) is 11.3 Å². The van der Waals surface area contributed by atoms with E-state index in [9.17, 15) is 4.79 Å². The Bertz CT molecular complexity index is 630. The number of carboxylic acids is 1. The Balaban J connectivity index is 1.78. The number of hydrogen-bond acceptors (Lipinski definition) is 4. The molecule has 1 saturated heterocycles. The fourth-order valence-corrected chi connectivity index (χ4v) is 3.55. The molecule has 1 aliphatic rings. The predicted octanol–water partition coefficient (Wildman–Crippen LogP) is 3.67. The first kappa shape index (κ1) is 14.2. The van der Waals surface area contributed by atoms with Crippen LogP contribution in [0.5, 0.6) is 0 Å². The Hall–Kier alpha value is -1.72. The summed E-state index contributed by atoms with van der Waals surface area (Å²) in [5.74, 6) is -0.975. The molecular formula is C16H18N2O2S. The van der Waals surface area contributed by atoms with Gasteiger partial charge in [0.25, 0.3) is 0 Å². The SMILES string of the molecule is C[C@H](c1ccc(-c2nc(C(=O)O)cs2)cc1)N1CCCC1. The van der Waals surface area contributed by atoms with Crippen LogP contribution in [-0.4, -0.2) is 34.0 Å². The second kappa shape index (κ2) is 5.95.